The van der Waals surface area contributed by atoms with E-state index in [1.54, 1.807) is 7.11 Å². The molecule has 2 aliphatic heterocycles. The van der Waals surface area contributed by atoms with Crippen LogP contribution in [0.15, 0.2) is 48.7 Å². The maximum absolute atomic E-state index is 12.8. The van der Waals surface area contributed by atoms with E-state index < -0.39 is 0 Å². The maximum Gasteiger partial charge on any atom is 0.278 e. The number of aromatic amines is 1. The van der Waals surface area contributed by atoms with Crippen molar-refractivity contribution >= 4 is 17.4 Å². The van der Waals surface area contributed by atoms with Gasteiger partial charge >= 0.3 is 0 Å². The van der Waals surface area contributed by atoms with Gasteiger partial charge in [0, 0.05) is 11.8 Å². The van der Waals surface area contributed by atoms with Gasteiger partial charge in [-0.25, -0.2) is 4.98 Å². The van der Waals surface area contributed by atoms with Gasteiger partial charge in [0.2, 0.25) is 0 Å². The van der Waals surface area contributed by atoms with Gasteiger partial charge in [0.1, 0.15) is 18.8 Å². The fraction of sp³-hybridized carbons (Fsp3) is 0.455. The molecule has 2 fully saturated rings. The van der Waals surface area contributed by atoms with Gasteiger partial charge in [-0.1, -0.05) is 6.07 Å². The first kappa shape index (κ1) is 19.5. The van der Waals surface area contributed by atoms with E-state index in [0.717, 1.165) is 63.9 Å². The number of amides is 1. The lowest BCUT2D eigenvalue weighted by molar-refractivity contribution is -0.892. The smallest absolute Gasteiger partial charge is 0.278 e. The molecule has 0 saturated carbocycles. The zero-order valence-electron chi connectivity index (χ0n) is 17.1. The second-order valence-electron chi connectivity index (χ2n) is 7.73. The first-order valence-corrected chi connectivity index (χ1v) is 10.4. The predicted octanol–water partition coefficient (Wildman–Crippen LogP) is -0.437. The molecule has 2 saturated heterocycles. The minimum Gasteiger partial charge on any atom is -0.497 e. The van der Waals surface area contributed by atoms with E-state index in [1.165, 1.54) is 10.6 Å². The van der Waals surface area contributed by atoms with E-state index in [0.29, 0.717) is 6.54 Å². The van der Waals surface area contributed by atoms with Crippen molar-refractivity contribution in [3.8, 4) is 5.75 Å². The molecule has 2 aliphatic rings. The van der Waals surface area contributed by atoms with Crippen LogP contribution in [0.1, 0.15) is 0 Å². The molecule has 2 N–H and O–H groups in total. The zero-order chi connectivity index (χ0) is 20.1. The van der Waals surface area contributed by atoms with Crippen molar-refractivity contribution in [2.75, 3.05) is 75.8 Å². The number of hydrogen-bond donors (Lipinski definition) is 1. The van der Waals surface area contributed by atoms with Gasteiger partial charge in [-0.2, -0.15) is 0 Å². The molecular formula is C22H31N5O2+2. The first-order chi connectivity index (χ1) is 14.2. The van der Waals surface area contributed by atoms with Crippen molar-refractivity contribution in [3.63, 3.8) is 0 Å². The molecule has 1 amide bonds. The van der Waals surface area contributed by atoms with Crippen LogP contribution < -0.4 is 24.4 Å². The Labute approximate surface area is 172 Å². The number of H-pyrrole nitrogens is 1. The summed E-state index contributed by atoms with van der Waals surface area (Å²) < 4.78 is 5.24. The normalized spacial score (nSPS) is 18.0. The Kier molecular flexibility index (Phi) is 6.14. The van der Waals surface area contributed by atoms with Gasteiger partial charge in [0.25, 0.3) is 11.7 Å². The highest BCUT2D eigenvalue weighted by atomic mass is 16.5. The van der Waals surface area contributed by atoms with Gasteiger partial charge in [0.15, 0.2) is 6.54 Å². The van der Waals surface area contributed by atoms with Crippen LogP contribution in [0.4, 0.5) is 11.5 Å². The average molecular weight is 398 g/mol. The number of quaternary nitrogens is 1. The molecule has 154 valence electrons. The largest absolute Gasteiger partial charge is 0.497 e. The fourth-order valence-electron chi connectivity index (χ4n) is 4.15. The Hall–Kier alpha value is -2.80. The third-order valence-corrected chi connectivity index (χ3v) is 5.98. The summed E-state index contributed by atoms with van der Waals surface area (Å²) in [6.45, 7) is 7.92. The van der Waals surface area contributed by atoms with Crippen molar-refractivity contribution in [2.45, 2.75) is 0 Å². The van der Waals surface area contributed by atoms with Crippen LogP contribution in [0.5, 0.6) is 5.75 Å². The van der Waals surface area contributed by atoms with Crippen molar-refractivity contribution in [1.29, 1.82) is 0 Å². The lowest BCUT2D eigenvalue weighted by Gasteiger charge is -2.35. The van der Waals surface area contributed by atoms with Crippen LogP contribution in [-0.4, -0.2) is 76.8 Å². The molecule has 0 spiro atoms. The summed E-state index contributed by atoms with van der Waals surface area (Å²) in [7, 11) is 1.69. The van der Waals surface area contributed by atoms with Gasteiger partial charge in [-0.05, 0) is 30.3 Å². The Morgan fingerprint density at radius 3 is 2.31 bits per heavy atom. The first-order valence-electron chi connectivity index (χ1n) is 10.4. The molecule has 0 bridgehead atoms. The molecule has 0 atom stereocenters. The van der Waals surface area contributed by atoms with E-state index in [2.05, 4.69) is 33.0 Å². The third kappa shape index (κ3) is 4.79. The fourth-order valence-corrected chi connectivity index (χ4v) is 4.15. The summed E-state index contributed by atoms with van der Waals surface area (Å²) in [5.41, 5.74) is 1.23. The zero-order valence-corrected chi connectivity index (χ0v) is 17.1. The molecular weight excluding hydrogens is 366 g/mol. The monoisotopic (exact) mass is 397 g/mol. The number of carbonyl (C=O) groups is 1. The number of carbonyl (C=O) groups excluding carboxylic acids is 1. The Bertz CT molecular complexity index is 783. The summed E-state index contributed by atoms with van der Waals surface area (Å²) in [5.74, 6) is 2.29. The average Bonchev–Trinajstić information content (AvgIpc) is 2.80. The highest BCUT2D eigenvalue weighted by molar-refractivity contribution is 5.77. The Balaban J connectivity index is 1.22. The summed E-state index contributed by atoms with van der Waals surface area (Å²) in [6.07, 6.45) is 1.95. The number of hydrogen-bond acceptors (Lipinski definition) is 4. The highest BCUT2D eigenvalue weighted by Crippen LogP contribution is 2.19. The van der Waals surface area contributed by atoms with Crippen molar-refractivity contribution in [1.82, 2.24) is 4.90 Å². The van der Waals surface area contributed by atoms with Gasteiger partial charge in [-0.3, -0.25) is 9.69 Å². The van der Waals surface area contributed by atoms with Crippen LogP contribution in [-0.2, 0) is 4.79 Å². The SMILES string of the molecule is COc1ccc(N2CC[NH+](CC(=O)N3CCN(c4cccc[nH+]4)CC3)CC2)cc1. The van der Waals surface area contributed by atoms with E-state index in [9.17, 15) is 4.79 Å². The molecule has 7 nitrogen and oxygen atoms in total. The summed E-state index contributed by atoms with van der Waals surface area (Å²) in [4.78, 5) is 24.2. The molecule has 1 aromatic carbocycles. The van der Waals surface area contributed by atoms with Gasteiger partial charge < -0.3 is 19.4 Å². The minimum atomic E-state index is 0.287. The van der Waals surface area contributed by atoms with E-state index in [-0.39, 0.29) is 5.91 Å². The number of pyridine rings is 1. The number of nitrogens with zero attached hydrogens (tertiary/aromatic N) is 3. The van der Waals surface area contributed by atoms with Crippen LogP contribution in [0.3, 0.4) is 0 Å². The number of benzene rings is 1. The quantitative estimate of drug-likeness (QED) is 0.744. The number of rotatable bonds is 5. The van der Waals surface area contributed by atoms with E-state index in [4.69, 9.17) is 4.74 Å². The van der Waals surface area contributed by atoms with Crippen LogP contribution in [0.25, 0.3) is 0 Å². The van der Waals surface area contributed by atoms with Crippen LogP contribution in [0.2, 0.25) is 0 Å². The van der Waals surface area contributed by atoms with Gasteiger partial charge in [0.05, 0.1) is 52.6 Å². The molecule has 1 aromatic heterocycles. The van der Waals surface area contributed by atoms with Gasteiger partial charge in [-0.15, -0.1) is 0 Å². The summed E-state index contributed by atoms with van der Waals surface area (Å²) in [6, 6.07) is 14.3. The third-order valence-electron chi connectivity index (χ3n) is 5.98. The lowest BCUT2D eigenvalue weighted by Crippen LogP contribution is -3.16. The van der Waals surface area contributed by atoms with E-state index in [1.807, 2.05) is 35.4 Å². The number of aromatic nitrogens is 1. The number of ether oxygens (including phenoxy) is 1. The molecule has 0 aliphatic carbocycles. The molecule has 0 unspecified atom stereocenters. The number of methoxy groups -OCH3 is 1. The molecule has 7 heteroatoms. The minimum absolute atomic E-state index is 0.287. The topological polar surface area (TPSA) is 54.6 Å². The van der Waals surface area contributed by atoms with Crippen molar-refractivity contribution < 1.29 is 19.4 Å². The van der Waals surface area contributed by atoms with Crippen molar-refractivity contribution in [2.24, 2.45) is 0 Å². The Morgan fingerprint density at radius 1 is 0.966 bits per heavy atom. The van der Waals surface area contributed by atoms with Crippen LogP contribution in [0, 0.1) is 0 Å². The van der Waals surface area contributed by atoms with Crippen molar-refractivity contribution in [3.05, 3.63) is 48.7 Å². The predicted molar refractivity (Wildman–Crippen MR) is 113 cm³/mol. The maximum atomic E-state index is 12.8. The lowest BCUT2D eigenvalue weighted by atomic mass is 10.2. The summed E-state index contributed by atoms with van der Waals surface area (Å²) >= 11 is 0. The molecule has 0 radical (unpaired) electrons. The molecule has 3 heterocycles. The van der Waals surface area contributed by atoms with E-state index >= 15 is 0 Å². The number of anilines is 2. The highest BCUT2D eigenvalue weighted by Gasteiger charge is 2.29. The second kappa shape index (κ2) is 9.13. The molecule has 29 heavy (non-hydrogen) atoms. The Morgan fingerprint density at radius 2 is 1.69 bits per heavy atom. The molecule has 2 aromatic rings. The van der Waals surface area contributed by atoms with Crippen LogP contribution >= 0.6 is 0 Å². The number of piperazine rings is 2. The standard InChI is InChI=1S/C22H29N5O2/c1-29-20-7-5-19(6-8-20)25-12-10-24(11-13-25)18-22(28)27-16-14-26(15-17-27)21-4-2-3-9-23-21/h2-9H,10-18H2,1H3/p+2. The summed E-state index contributed by atoms with van der Waals surface area (Å²) in [5, 5.41) is 0. The second-order valence-corrected chi connectivity index (χ2v) is 7.73. The number of nitrogens with one attached hydrogen (secondary N) is 2. The molecule has 4 rings (SSSR count).